The molecule has 1 heterocycles. The summed E-state index contributed by atoms with van der Waals surface area (Å²) in [5.74, 6) is -2.14. The topological polar surface area (TPSA) is 88.1 Å². The lowest BCUT2D eigenvalue weighted by atomic mass is 9.98. The Morgan fingerprint density at radius 1 is 1.16 bits per heavy atom. The SMILES string of the molecule is CC(=O)OC[C@H]1O[C@@H](OC(C)=O)C(C)(OC(=O)c2ccccc2)[C@@H]1F. The third kappa shape index (κ3) is 4.33. The third-order valence-electron chi connectivity index (χ3n) is 3.69. The number of halogens is 1. The third-order valence-corrected chi connectivity index (χ3v) is 3.69. The molecule has 0 bridgehead atoms. The molecule has 25 heavy (non-hydrogen) atoms. The summed E-state index contributed by atoms with van der Waals surface area (Å²) in [6.07, 6.45) is -4.57. The molecule has 2 rings (SSSR count). The Labute approximate surface area is 144 Å². The second kappa shape index (κ2) is 7.60. The lowest BCUT2D eigenvalue weighted by molar-refractivity contribution is -0.206. The minimum Gasteiger partial charge on any atom is -0.463 e. The molecule has 0 N–H and O–H groups in total. The van der Waals surface area contributed by atoms with Crippen LogP contribution in [0.5, 0.6) is 0 Å². The maximum atomic E-state index is 14.9. The average molecular weight is 354 g/mol. The summed E-state index contributed by atoms with van der Waals surface area (Å²) < 4.78 is 35.2. The van der Waals surface area contributed by atoms with Crippen molar-refractivity contribution in [3.05, 3.63) is 35.9 Å². The fourth-order valence-corrected chi connectivity index (χ4v) is 2.42. The molecule has 8 heteroatoms. The molecule has 136 valence electrons. The molecule has 0 amide bonds. The zero-order valence-corrected chi connectivity index (χ0v) is 14.1. The number of hydrogen-bond acceptors (Lipinski definition) is 7. The van der Waals surface area contributed by atoms with Crippen LogP contribution in [0.15, 0.2) is 30.3 Å². The van der Waals surface area contributed by atoms with Crippen LogP contribution in [0, 0.1) is 0 Å². The molecule has 1 unspecified atom stereocenters. The number of hydrogen-bond donors (Lipinski definition) is 0. The van der Waals surface area contributed by atoms with Crippen LogP contribution in [0.2, 0.25) is 0 Å². The molecule has 1 aromatic rings. The summed E-state index contributed by atoms with van der Waals surface area (Å²) in [6.45, 7) is 3.16. The monoisotopic (exact) mass is 354 g/mol. The number of rotatable bonds is 5. The van der Waals surface area contributed by atoms with Crippen molar-refractivity contribution in [1.29, 1.82) is 0 Å². The van der Waals surface area contributed by atoms with Gasteiger partial charge in [0.1, 0.15) is 12.7 Å². The quantitative estimate of drug-likeness (QED) is 0.588. The van der Waals surface area contributed by atoms with E-state index >= 15 is 0 Å². The van der Waals surface area contributed by atoms with E-state index < -0.39 is 48.7 Å². The Kier molecular flexibility index (Phi) is 5.73. The predicted molar refractivity (Wildman–Crippen MR) is 82.2 cm³/mol. The largest absolute Gasteiger partial charge is 0.463 e. The second-order valence-electron chi connectivity index (χ2n) is 5.76. The first-order valence-corrected chi connectivity index (χ1v) is 7.62. The Balaban J connectivity index is 2.20. The molecule has 0 saturated carbocycles. The van der Waals surface area contributed by atoms with Gasteiger partial charge in [-0.15, -0.1) is 0 Å². The highest BCUT2D eigenvalue weighted by Crippen LogP contribution is 2.38. The van der Waals surface area contributed by atoms with Gasteiger partial charge >= 0.3 is 17.9 Å². The van der Waals surface area contributed by atoms with E-state index in [9.17, 15) is 18.8 Å². The normalized spacial score (nSPS) is 28.2. The van der Waals surface area contributed by atoms with Crippen molar-refractivity contribution < 1.29 is 37.7 Å². The average Bonchev–Trinajstić information content (AvgIpc) is 2.78. The van der Waals surface area contributed by atoms with E-state index in [0.717, 1.165) is 6.92 Å². The molecule has 0 aromatic heterocycles. The van der Waals surface area contributed by atoms with Crippen LogP contribution in [-0.2, 0) is 28.5 Å². The lowest BCUT2D eigenvalue weighted by Gasteiger charge is -2.30. The van der Waals surface area contributed by atoms with Gasteiger partial charge in [-0.2, -0.15) is 0 Å². The first-order chi connectivity index (χ1) is 11.7. The van der Waals surface area contributed by atoms with E-state index in [1.54, 1.807) is 18.2 Å². The molecule has 0 spiro atoms. The minimum atomic E-state index is -1.89. The van der Waals surface area contributed by atoms with Gasteiger partial charge in [-0.1, -0.05) is 18.2 Å². The maximum absolute atomic E-state index is 14.9. The van der Waals surface area contributed by atoms with Gasteiger partial charge in [0.25, 0.3) is 0 Å². The number of esters is 3. The summed E-state index contributed by atoms with van der Waals surface area (Å²) in [7, 11) is 0. The lowest BCUT2D eigenvalue weighted by Crippen LogP contribution is -2.49. The Hall–Kier alpha value is -2.48. The Morgan fingerprint density at radius 3 is 2.36 bits per heavy atom. The van der Waals surface area contributed by atoms with Gasteiger partial charge in [-0.05, 0) is 19.1 Å². The molecule has 1 saturated heterocycles. The van der Waals surface area contributed by atoms with Crippen LogP contribution in [0.1, 0.15) is 31.1 Å². The van der Waals surface area contributed by atoms with E-state index in [0.29, 0.717) is 0 Å². The van der Waals surface area contributed by atoms with Gasteiger partial charge in [-0.3, -0.25) is 9.59 Å². The van der Waals surface area contributed by atoms with E-state index in [1.807, 2.05) is 0 Å². The summed E-state index contributed by atoms with van der Waals surface area (Å²) in [5, 5.41) is 0. The van der Waals surface area contributed by atoms with Gasteiger partial charge in [0.2, 0.25) is 11.9 Å². The van der Waals surface area contributed by atoms with Crippen molar-refractivity contribution in [2.24, 2.45) is 0 Å². The number of carbonyl (C=O) groups is 3. The molecular weight excluding hydrogens is 335 g/mol. The van der Waals surface area contributed by atoms with E-state index in [2.05, 4.69) is 0 Å². The van der Waals surface area contributed by atoms with E-state index in [1.165, 1.54) is 26.0 Å². The predicted octanol–water partition coefficient (Wildman–Crippen LogP) is 1.79. The summed E-state index contributed by atoms with van der Waals surface area (Å²) in [4.78, 5) is 34.5. The molecule has 7 nitrogen and oxygen atoms in total. The fourth-order valence-electron chi connectivity index (χ4n) is 2.42. The van der Waals surface area contributed by atoms with Crippen molar-refractivity contribution in [3.8, 4) is 0 Å². The molecule has 0 aliphatic carbocycles. The number of carbonyl (C=O) groups excluding carboxylic acids is 3. The summed E-state index contributed by atoms with van der Waals surface area (Å²) in [5.41, 5.74) is -1.68. The highest BCUT2D eigenvalue weighted by atomic mass is 19.1. The Bertz CT molecular complexity index is 648. The number of ether oxygens (including phenoxy) is 4. The standard InChI is InChI=1S/C17H19FO7/c1-10(19)22-9-13-14(18)17(3,16(24-13)23-11(2)20)25-15(21)12-7-5-4-6-8-12/h4-8,13-14,16H,9H2,1-3H3/t13-,14-,16-,17?/m1/s1. The van der Waals surface area contributed by atoms with Crippen LogP contribution < -0.4 is 0 Å². The van der Waals surface area contributed by atoms with Crippen LogP contribution in [0.3, 0.4) is 0 Å². The minimum absolute atomic E-state index is 0.209. The highest BCUT2D eigenvalue weighted by molar-refractivity contribution is 5.89. The van der Waals surface area contributed by atoms with Crippen LogP contribution >= 0.6 is 0 Å². The van der Waals surface area contributed by atoms with Gasteiger partial charge in [0.15, 0.2) is 6.17 Å². The second-order valence-corrected chi connectivity index (χ2v) is 5.76. The van der Waals surface area contributed by atoms with Crippen molar-refractivity contribution in [3.63, 3.8) is 0 Å². The van der Waals surface area contributed by atoms with Gasteiger partial charge in [0.05, 0.1) is 5.56 Å². The number of benzene rings is 1. The van der Waals surface area contributed by atoms with Gasteiger partial charge in [-0.25, -0.2) is 9.18 Å². The van der Waals surface area contributed by atoms with Gasteiger partial charge < -0.3 is 18.9 Å². The first-order valence-electron chi connectivity index (χ1n) is 7.62. The molecule has 1 aromatic carbocycles. The molecular formula is C17H19FO7. The molecule has 0 radical (unpaired) electrons. The van der Waals surface area contributed by atoms with Gasteiger partial charge in [0, 0.05) is 13.8 Å². The maximum Gasteiger partial charge on any atom is 0.339 e. The zero-order valence-electron chi connectivity index (χ0n) is 14.1. The highest BCUT2D eigenvalue weighted by Gasteiger charge is 2.59. The molecule has 1 fully saturated rings. The van der Waals surface area contributed by atoms with Crippen molar-refractivity contribution in [1.82, 2.24) is 0 Å². The Morgan fingerprint density at radius 2 is 1.80 bits per heavy atom. The fraction of sp³-hybridized carbons (Fsp3) is 0.471. The van der Waals surface area contributed by atoms with Crippen LogP contribution in [0.25, 0.3) is 0 Å². The van der Waals surface area contributed by atoms with Crippen LogP contribution in [-0.4, -0.2) is 48.7 Å². The molecule has 1 aliphatic heterocycles. The van der Waals surface area contributed by atoms with Crippen molar-refractivity contribution in [2.75, 3.05) is 6.61 Å². The number of alkyl halides is 1. The van der Waals surface area contributed by atoms with E-state index in [-0.39, 0.29) is 5.56 Å². The molecule has 1 aliphatic rings. The van der Waals surface area contributed by atoms with Crippen LogP contribution in [0.4, 0.5) is 4.39 Å². The van der Waals surface area contributed by atoms with Crippen molar-refractivity contribution >= 4 is 17.9 Å². The van der Waals surface area contributed by atoms with E-state index in [4.69, 9.17) is 18.9 Å². The van der Waals surface area contributed by atoms with Crippen molar-refractivity contribution in [2.45, 2.75) is 44.9 Å². The first kappa shape index (κ1) is 18.9. The zero-order chi connectivity index (χ0) is 18.6. The summed E-state index contributed by atoms with van der Waals surface area (Å²) in [6, 6.07) is 7.98. The smallest absolute Gasteiger partial charge is 0.339 e. The molecule has 4 atom stereocenters. The summed E-state index contributed by atoms with van der Waals surface area (Å²) >= 11 is 0.